The molecule has 351 valence electrons. The maximum absolute atomic E-state index is 11.6. The molecule has 0 unspecified atom stereocenters. The topological polar surface area (TPSA) is 231 Å². The Hall–Kier alpha value is -5.21. The molecule has 3 aliphatic rings. The van der Waals surface area contributed by atoms with Gasteiger partial charge >= 0.3 is 46.9 Å². The Morgan fingerprint density at radius 2 is 1.27 bits per heavy atom. The van der Waals surface area contributed by atoms with E-state index in [0.29, 0.717) is 57.3 Å². The molecule has 8 rings (SSSR count). The summed E-state index contributed by atoms with van der Waals surface area (Å²) in [6.07, 6.45) is 7.21. The fraction of sp³-hybridized carbons (Fsp3) is 0.383. The second-order valence-electron chi connectivity index (χ2n) is 17.4. The Morgan fingerprint density at radius 3 is 1.89 bits per heavy atom. The summed E-state index contributed by atoms with van der Waals surface area (Å²) in [4.78, 5) is 58.7. The van der Waals surface area contributed by atoms with E-state index in [9.17, 15) is 29.7 Å². The van der Waals surface area contributed by atoms with Gasteiger partial charge in [0.15, 0.2) is 0 Å². The molecule has 1 radical (unpaired) electrons. The average Bonchev–Trinajstić information content (AvgIpc) is 4.11. The third kappa shape index (κ3) is 13.2. The first kappa shape index (κ1) is 48.7. The summed E-state index contributed by atoms with van der Waals surface area (Å²) in [6, 6.07) is 22.5. The number of rotatable bonds is 13. The number of hydrogen-bond acceptors (Lipinski definition) is 15. The minimum Gasteiger partial charge on any atom is -0.549 e. The summed E-state index contributed by atoms with van der Waals surface area (Å²) in [7, 11) is 0. The van der Waals surface area contributed by atoms with Crippen molar-refractivity contribution in [1.29, 1.82) is 0 Å². The minimum absolute atomic E-state index is 0. The molecule has 3 aliphatic heterocycles. The van der Waals surface area contributed by atoms with Gasteiger partial charge in [0.2, 0.25) is 0 Å². The first-order valence-corrected chi connectivity index (χ1v) is 21.8. The number of nitrogens with zero attached hydrogens (tertiary/aromatic N) is 9. The number of H-pyrrole nitrogens is 2. The van der Waals surface area contributed by atoms with Gasteiger partial charge in [0.25, 0.3) is 0 Å². The monoisotopic (exact) mass is 1060 g/mol. The van der Waals surface area contributed by atoms with Crippen LogP contribution in [0.1, 0.15) is 42.3 Å². The molecule has 0 spiro atoms. The quantitative estimate of drug-likeness (QED) is 0.159. The molecule has 4 aromatic heterocycles. The average molecular weight is 1060 g/mol. The van der Waals surface area contributed by atoms with Crippen LogP contribution in [0.4, 0.5) is 0 Å². The second kappa shape index (κ2) is 22.1. The number of nitrogens with one attached hydrogen (secondary N) is 2. The summed E-state index contributed by atoms with van der Waals surface area (Å²) in [5.74, 6) is -3.05. The first-order valence-electron chi connectivity index (χ1n) is 21.8. The van der Waals surface area contributed by atoms with E-state index in [2.05, 4.69) is 70.5 Å². The third-order valence-electron chi connectivity index (χ3n) is 11.8. The number of benzene rings is 1. The maximum atomic E-state index is 11.6. The van der Waals surface area contributed by atoms with Crippen LogP contribution in [0.15, 0.2) is 72.9 Å². The van der Waals surface area contributed by atoms with Crippen molar-refractivity contribution < 1.29 is 81.4 Å². The number of carboxylic acids is 3. The van der Waals surface area contributed by atoms with E-state index in [-0.39, 0.29) is 98.2 Å². The number of carboxylic acid groups (broad SMARTS) is 3. The van der Waals surface area contributed by atoms with E-state index < -0.39 is 17.9 Å². The van der Waals surface area contributed by atoms with Crippen molar-refractivity contribution in [3.63, 3.8) is 0 Å². The fourth-order valence-corrected chi connectivity index (χ4v) is 8.43. The number of aromatic nitrogens is 7. The normalized spacial score (nSPS) is 16.5. The standard InChI is InChI=1S/C47H55N11O7.Yb/c1-47(2)26-38-24-35-8-12-41(50-35)46(40-11-7-34(49-40)23-33-5-6-36(48-33)25-42(47)51-38)32-3-9-39(10-4-32)65-22-13-37-27-58(53-52-37)31-57-20-18-55(29-44(61)62)16-14-54(28-43(59)60)15-17-56(19-21-57)30-45(63)64;/h3-12,23-25,27,48,50H,13-22,26,28-31H2,1-2H3,(H,59,60)(H,61,62)(H,63,64);/q;+3/p-3. The fourth-order valence-electron chi connectivity index (χ4n) is 8.43. The van der Waals surface area contributed by atoms with Crippen molar-refractivity contribution in [2.24, 2.45) is 0 Å². The van der Waals surface area contributed by atoms with Gasteiger partial charge in [0.05, 0.1) is 54.5 Å². The molecule has 7 heterocycles. The van der Waals surface area contributed by atoms with E-state index in [1.54, 1.807) is 19.4 Å². The van der Waals surface area contributed by atoms with Crippen LogP contribution in [0.2, 0.25) is 0 Å². The van der Waals surface area contributed by atoms with Gasteiger partial charge in [-0.25, -0.2) is 9.67 Å². The third-order valence-corrected chi connectivity index (χ3v) is 11.8. The van der Waals surface area contributed by atoms with E-state index in [0.717, 1.165) is 62.4 Å². The Labute approximate surface area is 420 Å². The van der Waals surface area contributed by atoms with Crippen LogP contribution < -0.4 is 20.1 Å². The smallest absolute Gasteiger partial charge is 0.549 e. The van der Waals surface area contributed by atoms with Crippen molar-refractivity contribution in [1.82, 2.24) is 54.5 Å². The Bertz CT molecular complexity index is 2680. The van der Waals surface area contributed by atoms with Crippen molar-refractivity contribution in [2.75, 3.05) is 78.6 Å². The summed E-state index contributed by atoms with van der Waals surface area (Å²) in [5, 5.41) is 43.2. The molecular formula is C47H52N11O7Yb. The molecule has 2 N–H and O–H groups in total. The molecule has 0 atom stereocenters. The Kier molecular flexibility index (Phi) is 16.3. The Balaban J connectivity index is 0.00000648. The molecule has 66 heavy (non-hydrogen) atoms. The van der Waals surface area contributed by atoms with Crippen LogP contribution >= 0.6 is 0 Å². The zero-order valence-electron chi connectivity index (χ0n) is 36.8. The van der Waals surface area contributed by atoms with E-state index in [1.807, 2.05) is 53.6 Å². The second-order valence-corrected chi connectivity index (χ2v) is 17.4. The van der Waals surface area contributed by atoms with Crippen molar-refractivity contribution in [3.05, 3.63) is 101 Å². The number of aromatic amines is 2. The van der Waals surface area contributed by atoms with Gasteiger partial charge in [-0.15, -0.1) is 5.10 Å². The predicted octanol–water partition coefficient (Wildman–Crippen LogP) is 0.314. The van der Waals surface area contributed by atoms with Crippen LogP contribution in [0.3, 0.4) is 0 Å². The van der Waals surface area contributed by atoms with Crippen LogP contribution in [0, 0.1) is 46.9 Å². The van der Waals surface area contributed by atoms with Crippen molar-refractivity contribution in [3.8, 4) is 16.9 Å². The number of carbonyl (C=O) groups is 3. The van der Waals surface area contributed by atoms with Crippen LogP contribution in [0.25, 0.3) is 45.3 Å². The zero-order valence-corrected chi connectivity index (χ0v) is 38.6. The SMILES string of the molecule is CC1(C)Cc2cc3ccc([nH]3)c(-c3ccc(OCCc4cn(CN5CCN(CC(=O)[O-])CCN(CC(=O)[O-])CCN(CC(=O)[O-])CC5)nn4)cc3)c3nc(cc4ccc(cc1n2)[nH]4)C=C3.[Yb+3]. The number of carbonyl (C=O) groups excluding carboxylic acids is 3. The molecule has 1 saturated heterocycles. The largest absolute Gasteiger partial charge is 3.00 e. The summed E-state index contributed by atoms with van der Waals surface area (Å²) in [6.45, 7) is 6.70. The van der Waals surface area contributed by atoms with Crippen LogP contribution in [0.5, 0.6) is 5.75 Å². The number of ether oxygens (including phenoxy) is 1. The Morgan fingerprint density at radius 1 is 0.697 bits per heavy atom. The molecule has 1 fully saturated rings. The molecule has 0 amide bonds. The number of hydrogen-bond donors (Lipinski definition) is 2. The van der Waals surface area contributed by atoms with E-state index in [4.69, 9.17) is 14.7 Å². The first-order chi connectivity index (χ1) is 31.3. The number of aliphatic carboxylic acids is 3. The zero-order chi connectivity index (χ0) is 45.5. The summed E-state index contributed by atoms with van der Waals surface area (Å²) >= 11 is 0. The van der Waals surface area contributed by atoms with Gasteiger partial charge < -0.3 is 44.4 Å². The maximum Gasteiger partial charge on any atom is 3.00 e. The van der Waals surface area contributed by atoms with Crippen molar-refractivity contribution >= 4 is 52.1 Å². The predicted molar refractivity (Wildman–Crippen MR) is 237 cm³/mol. The minimum atomic E-state index is -1.27. The van der Waals surface area contributed by atoms with Crippen LogP contribution in [-0.4, -0.2) is 151 Å². The van der Waals surface area contributed by atoms with Crippen LogP contribution in [-0.2, 0) is 39.3 Å². The molecule has 5 aromatic rings. The number of fused-ring (bicyclic) bond motifs is 8. The van der Waals surface area contributed by atoms with Gasteiger partial charge in [-0.3, -0.25) is 24.6 Å². The molecule has 8 bridgehead atoms. The summed E-state index contributed by atoms with van der Waals surface area (Å²) < 4.78 is 7.86. The van der Waals surface area contributed by atoms with Crippen molar-refractivity contribution in [2.45, 2.75) is 38.8 Å². The van der Waals surface area contributed by atoms with Gasteiger partial charge in [0, 0.05) is 129 Å². The molecule has 0 aliphatic carbocycles. The molecular weight excluding hydrogens is 1000 g/mol. The van der Waals surface area contributed by atoms with Gasteiger partial charge in [0.1, 0.15) is 5.75 Å². The van der Waals surface area contributed by atoms with E-state index >= 15 is 0 Å². The molecule has 19 heteroatoms. The molecule has 18 nitrogen and oxygen atoms in total. The van der Waals surface area contributed by atoms with Gasteiger partial charge in [-0.2, -0.15) is 0 Å². The molecule has 0 saturated carbocycles. The van der Waals surface area contributed by atoms with Gasteiger partial charge in [-0.05, 0) is 72.3 Å². The summed E-state index contributed by atoms with van der Waals surface area (Å²) in [5.41, 5.74) is 10.1. The van der Waals surface area contributed by atoms with E-state index in [1.165, 1.54) is 0 Å². The van der Waals surface area contributed by atoms with Gasteiger partial charge in [-0.1, -0.05) is 31.2 Å². The molecule has 1 aromatic carbocycles.